The third-order valence-corrected chi connectivity index (χ3v) is 5.25. The molecule has 1 aliphatic heterocycles. The van der Waals surface area contributed by atoms with E-state index in [2.05, 4.69) is 20.1 Å². The highest BCUT2D eigenvalue weighted by Gasteiger charge is 2.31. The molecule has 0 radical (unpaired) electrons. The number of piperidine rings is 1. The number of likely N-dealkylation sites (tertiary alicyclic amines) is 1. The quantitative estimate of drug-likeness (QED) is 0.796. The maximum Gasteiger partial charge on any atom is 0.416 e. The Morgan fingerprint density at radius 2 is 1.93 bits per heavy atom. The van der Waals surface area contributed by atoms with E-state index in [0.29, 0.717) is 18.3 Å². The van der Waals surface area contributed by atoms with E-state index in [1.807, 2.05) is 23.4 Å². The van der Waals surface area contributed by atoms with Crippen LogP contribution in [0.4, 0.5) is 19.0 Å². The molecule has 0 aromatic carbocycles. The predicted octanol–water partition coefficient (Wildman–Crippen LogP) is 2.89. The smallest absolute Gasteiger partial charge is 0.359 e. The van der Waals surface area contributed by atoms with Crippen LogP contribution in [0.1, 0.15) is 30.1 Å². The molecule has 1 aliphatic rings. The lowest BCUT2D eigenvalue weighted by Crippen LogP contribution is -2.38. The summed E-state index contributed by atoms with van der Waals surface area (Å²) >= 11 is 0. The Hall–Kier alpha value is -2.16. The van der Waals surface area contributed by atoms with Crippen molar-refractivity contribution in [1.29, 1.82) is 0 Å². The number of alkyl halides is 3. The van der Waals surface area contributed by atoms with Gasteiger partial charge in [0.25, 0.3) is 0 Å². The zero-order chi connectivity index (χ0) is 19.6. The monoisotopic (exact) mass is 382 g/mol. The molecule has 0 N–H and O–H groups in total. The maximum atomic E-state index is 12.9. The van der Waals surface area contributed by atoms with Crippen LogP contribution in [0.3, 0.4) is 0 Å². The van der Waals surface area contributed by atoms with Crippen LogP contribution in [0.2, 0.25) is 0 Å². The van der Waals surface area contributed by atoms with Crippen LogP contribution in [-0.2, 0) is 19.8 Å². The molecule has 1 saturated heterocycles. The number of rotatable bonds is 5. The molecule has 2 aromatic rings. The molecule has 0 atom stereocenters. The van der Waals surface area contributed by atoms with E-state index in [1.54, 1.807) is 7.05 Å². The molecule has 27 heavy (non-hydrogen) atoms. The molecule has 0 spiro atoms. The van der Waals surface area contributed by atoms with Crippen LogP contribution in [-0.4, -0.2) is 51.3 Å². The third kappa shape index (κ3) is 4.77. The number of hydrogen-bond donors (Lipinski definition) is 0. The number of pyridine rings is 1. The van der Waals surface area contributed by atoms with Gasteiger partial charge >= 0.3 is 6.18 Å². The first-order valence-electron chi connectivity index (χ1n) is 9.05. The van der Waals surface area contributed by atoms with Gasteiger partial charge in [-0.15, -0.1) is 10.2 Å². The number of nitrogens with zero attached hydrogens (tertiary/aromatic N) is 6. The van der Waals surface area contributed by atoms with Crippen molar-refractivity contribution in [1.82, 2.24) is 24.6 Å². The fourth-order valence-corrected chi connectivity index (χ4v) is 3.40. The van der Waals surface area contributed by atoms with Gasteiger partial charge in [-0.3, -0.25) is 4.90 Å². The van der Waals surface area contributed by atoms with Crippen LogP contribution >= 0.6 is 0 Å². The normalized spacial score (nSPS) is 16.7. The molecule has 2 aromatic heterocycles. The van der Waals surface area contributed by atoms with Crippen LogP contribution in [0.25, 0.3) is 0 Å². The van der Waals surface area contributed by atoms with E-state index < -0.39 is 11.7 Å². The fourth-order valence-electron chi connectivity index (χ4n) is 3.40. The van der Waals surface area contributed by atoms with Crippen LogP contribution < -0.4 is 4.90 Å². The number of aromatic nitrogens is 4. The van der Waals surface area contributed by atoms with Crippen LogP contribution in [0.5, 0.6) is 0 Å². The highest BCUT2D eigenvalue weighted by atomic mass is 19.4. The first-order chi connectivity index (χ1) is 12.7. The first kappa shape index (κ1) is 19.6. The van der Waals surface area contributed by atoms with Crippen molar-refractivity contribution in [3.63, 3.8) is 0 Å². The van der Waals surface area contributed by atoms with E-state index in [0.717, 1.165) is 56.3 Å². The molecule has 0 aliphatic carbocycles. The van der Waals surface area contributed by atoms with Crippen molar-refractivity contribution in [2.75, 3.05) is 31.6 Å². The van der Waals surface area contributed by atoms with Gasteiger partial charge in [0.2, 0.25) is 0 Å². The zero-order valence-electron chi connectivity index (χ0n) is 15.9. The molecule has 0 saturated carbocycles. The van der Waals surface area contributed by atoms with Gasteiger partial charge in [0.05, 0.1) is 12.1 Å². The average Bonchev–Trinajstić information content (AvgIpc) is 2.95. The SMILES string of the molecule is Cc1nnc(CN2CCC(CN(C)c3cc(C(F)(F)F)ccn3)CC2)n1C. The molecule has 0 amide bonds. The van der Waals surface area contributed by atoms with Gasteiger partial charge in [0, 0.05) is 26.8 Å². The van der Waals surface area contributed by atoms with Gasteiger partial charge in [0.1, 0.15) is 17.5 Å². The summed E-state index contributed by atoms with van der Waals surface area (Å²) < 4.78 is 40.6. The van der Waals surface area contributed by atoms with Crippen molar-refractivity contribution in [2.45, 2.75) is 32.5 Å². The summed E-state index contributed by atoms with van der Waals surface area (Å²) in [6, 6.07) is 2.12. The molecule has 0 unspecified atom stereocenters. The Morgan fingerprint density at radius 1 is 1.22 bits per heavy atom. The molecule has 6 nitrogen and oxygen atoms in total. The standard InChI is InChI=1S/C18H25F3N6/c1-13-23-24-17(26(13)3)12-27-8-5-14(6-9-27)11-25(2)16-10-15(4-7-22-16)18(19,20)21/h4,7,10,14H,5-6,8-9,11-12H2,1-3H3. The Morgan fingerprint density at radius 3 is 2.52 bits per heavy atom. The average molecular weight is 382 g/mol. The summed E-state index contributed by atoms with van der Waals surface area (Å²) in [6.07, 6.45) is -1.12. The van der Waals surface area contributed by atoms with Crippen LogP contribution in [0, 0.1) is 12.8 Å². The molecule has 1 fully saturated rings. The van der Waals surface area contributed by atoms with Crippen molar-refractivity contribution in [3.05, 3.63) is 35.5 Å². The maximum absolute atomic E-state index is 12.9. The lowest BCUT2D eigenvalue weighted by Gasteiger charge is -2.34. The second kappa shape index (κ2) is 7.84. The minimum atomic E-state index is -4.35. The molecule has 148 valence electrons. The number of hydrogen-bond acceptors (Lipinski definition) is 5. The minimum Gasteiger partial charge on any atom is -0.359 e. The molecule has 0 bridgehead atoms. The summed E-state index contributed by atoms with van der Waals surface area (Å²) in [4.78, 5) is 8.27. The number of halogens is 3. The van der Waals surface area contributed by atoms with E-state index >= 15 is 0 Å². The predicted molar refractivity (Wildman–Crippen MR) is 96.3 cm³/mol. The topological polar surface area (TPSA) is 50.1 Å². The summed E-state index contributed by atoms with van der Waals surface area (Å²) in [5, 5.41) is 8.29. The summed E-state index contributed by atoms with van der Waals surface area (Å²) in [5.74, 6) is 2.65. The van der Waals surface area contributed by atoms with E-state index in [1.165, 1.54) is 6.20 Å². The van der Waals surface area contributed by atoms with Gasteiger partial charge in [-0.1, -0.05) is 0 Å². The van der Waals surface area contributed by atoms with Gasteiger partial charge in [-0.2, -0.15) is 13.2 Å². The van der Waals surface area contributed by atoms with Gasteiger partial charge < -0.3 is 9.47 Å². The third-order valence-electron chi connectivity index (χ3n) is 5.25. The lowest BCUT2D eigenvalue weighted by atomic mass is 9.96. The highest BCUT2D eigenvalue weighted by molar-refractivity contribution is 5.41. The lowest BCUT2D eigenvalue weighted by molar-refractivity contribution is -0.137. The van der Waals surface area contributed by atoms with E-state index in [4.69, 9.17) is 0 Å². The zero-order valence-corrected chi connectivity index (χ0v) is 15.9. The molecule has 9 heteroatoms. The Kier molecular flexibility index (Phi) is 5.69. The Balaban J connectivity index is 1.52. The summed E-state index contributed by atoms with van der Waals surface area (Å²) in [7, 11) is 3.77. The van der Waals surface area contributed by atoms with Crippen molar-refractivity contribution in [2.24, 2.45) is 13.0 Å². The summed E-state index contributed by atoms with van der Waals surface area (Å²) in [5.41, 5.74) is -0.659. The number of anilines is 1. The van der Waals surface area contributed by atoms with Crippen molar-refractivity contribution in [3.8, 4) is 0 Å². The second-order valence-corrected chi connectivity index (χ2v) is 7.22. The minimum absolute atomic E-state index is 0.363. The van der Waals surface area contributed by atoms with Gasteiger partial charge in [-0.05, 0) is 50.9 Å². The number of aryl methyl sites for hydroxylation is 1. The molecular weight excluding hydrogens is 357 g/mol. The largest absolute Gasteiger partial charge is 0.416 e. The fraction of sp³-hybridized carbons (Fsp3) is 0.611. The van der Waals surface area contributed by atoms with E-state index in [9.17, 15) is 13.2 Å². The Bertz CT molecular complexity index is 765. The van der Waals surface area contributed by atoms with Crippen LogP contribution in [0.15, 0.2) is 18.3 Å². The van der Waals surface area contributed by atoms with Crippen molar-refractivity contribution < 1.29 is 13.2 Å². The van der Waals surface area contributed by atoms with Gasteiger partial charge in [0.15, 0.2) is 0 Å². The highest BCUT2D eigenvalue weighted by Crippen LogP contribution is 2.31. The molecule has 3 heterocycles. The second-order valence-electron chi connectivity index (χ2n) is 7.22. The Labute approximate surface area is 157 Å². The first-order valence-corrected chi connectivity index (χ1v) is 9.05. The molecule has 3 rings (SSSR count). The van der Waals surface area contributed by atoms with Gasteiger partial charge in [-0.25, -0.2) is 4.98 Å². The van der Waals surface area contributed by atoms with Crippen molar-refractivity contribution >= 4 is 5.82 Å². The summed E-state index contributed by atoms with van der Waals surface area (Å²) in [6.45, 7) is 5.29. The van der Waals surface area contributed by atoms with E-state index in [-0.39, 0.29) is 0 Å². The molecular formula is C18H25F3N6.